The summed E-state index contributed by atoms with van der Waals surface area (Å²) < 4.78 is 34.0. The Balaban J connectivity index is 1.59. The van der Waals surface area contributed by atoms with Gasteiger partial charge in [-0.3, -0.25) is 9.59 Å². The molecule has 5 atom stereocenters. The Hall–Kier alpha value is -3.84. The topological polar surface area (TPSA) is 166 Å². The number of nitrogens with one attached hydrogen (secondary N) is 1. The Morgan fingerprint density at radius 2 is 1.55 bits per heavy atom. The predicted octanol–water partition coefficient (Wildman–Crippen LogP) is 2.08. The molecule has 12 heteroatoms. The highest BCUT2D eigenvalue weighted by Gasteiger charge is 2.49. The number of carbonyl (C=O) groups is 1. The summed E-state index contributed by atoms with van der Waals surface area (Å²) in [6.07, 6.45) is -4.46. The van der Waals surface area contributed by atoms with Crippen molar-refractivity contribution in [1.29, 1.82) is 0 Å². The highest BCUT2D eigenvalue weighted by molar-refractivity contribution is 5.89. The first-order valence-electron chi connectivity index (χ1n) is 13.7. The third-order valence-electron chi connectivity index (χ3n) is 7.92. The number of hydrogen-bond donors (Lipinski definition) is 4. The number of methoxy groups -OCH3 is 4. The number of carbonyl (C=O) groups excluding carboxylic acids is 1. The quantitative estimate of drug-likeness (QED) is 0.306. The third-order valence-corrected chi connectivity index (χ3v) is 7.92. The second kappa shape index (κ2) is 12.2. The molecule has 5 rings (SSSR count). The molecule has 1 saturated heterocycles. The molecule has 2 aliphatic rings. The van der Waals surface area contributed by atoms with Gasteiger partial charge in [-0.2, -0.15) is 0 Å². The maximum absolute atomic E-state index is 13.5. The van der Waals surface area contributed by atoms with Gasteiger partial charge in [0.25, 0.3) is 5.91 Å². The van der Waals surface area contributed by atoms with Gasteiger partial charge >= 0.3 is 0 Å². The Labute approximate surface area is 241 Å². The van der Waals surface area contributed by atoms with E-state index in [0.29, 0.717) is 17.1 Å². The van der Waals surface area contributed by atoms with Crippen LogP contribution in [0.4, 0.5) is 0 Å². The standard InChI is InChI=1S/C30H35NO11/c1-37-17-10-9-14(11-19(17)38-2)18-12-16(32)22-21(41-18)13-20(39-3)23(27(22)40-4)28-25(34)24(33)26(35)29(42-28)30(36)31-15-7-5-6-8-15/h9-13,15,24-26,28-29,33-35H,5-8H2,1-4H3,(H,31,36). The van der Waals surface area contributed by atoms with Crippen LogP contribution in [-0.2, 0) is 9.53 Å². The number of aliphatic hydroxyl groups is 3. The molecule has 1 aliphatic carbocycles. The zero-order chi connectivity index (χ0) is 30.1. The minimum absolute atomic E-state index is 0.0282. The van der Waals surface area contributed by atoms with Crippen LogP contribution >= 0.6 is 0 Å². The molecule has 2 heterocycles. The summed E-state index contributed by atoms with van der Waals surface area (Å²) in [5.74, 6) is 0.656. The predicted molar refractivity (Wildman–Crippen MR) is 150 cm³/mol. The summed E-state index contributed by atoms with van der Waals surface area (Å²) in [5, 5.41) is 35.3. The maximum atomic E-state index is 13.5. The van der Waals surface area contributed by atoms with Crippen LogP contribution in [0.15, 0.2) is 39.5 Å². The van der Waals surface area contributed by atoms with Crippen molar-refractivity contribution in [2.75, 3.05) is 28.4 Å². The van der Waals surface area contributed by atoms with Crippen molar-refractivity contribution in [3.63, 3.8) is 0 Å². The first kappa shape index (κ1) is 29.6. The molecule has 1 amide bonds. The summed E-state index contributed by atoms with van der Waals surface area (Å²) in [6, 6.07) is 7.73. The third kappa shape index (κ3) is 5.26. The van der Waals surface area contributed by atoms with Gasteiger partial charge in [-0.05, 0) is 31.0 Å². The van der Waals surface area contributed by atoms with Crippen LogP contribution in [0.3, 0.4) is 0 Å². The van der Waals surface area contributed by atoms with E-state index in [0.717, 1.165) is 25.7 Å². The van der Waals surface area contributed by atoms with Crippen LogP contribution in [0.25, 0.3) is 22.3 Å². The molecule has 0 spiro atoms. The van der Waals surface area contributed by atoms with Crippen molar-refractivity contribution in [2.45, 2.75) is 62.2 Å². The highest BCUT2D eigenvalue weighted by atomic mass is 16.5. The number of rotatable bonds is 8. The van der Waals surface area contributed by atoms with E-state index in [1.54, 1.807) is 18.2 Å². The molecule has 2 fully saturated rings. The van der Waals surface area contributed by atoms with Gasteiger partial charge < -0.3 is 48.7 Å². The number of hydrogen-bond acceptors (Lipinski definition) is 11. The highest BCUT2D eigenvalue weighted by Crippen LogP contribution is 2.46. The number of benzene rings is 2. The van der Waals surface area contributed by atoms with Crippen LogP contribution in [0, 0.1) is 0 Å². The summed E-state index contributed by atoms with van der Waals surface area (Å²) in [4.78, 5) is 26.6. The average Bonchev–Trinajstić information content (AvgIpc) is 3.51. The Morgan fingerprint density at radius 3 is 2.19 bits per heavy atom. The monoisotopic (exact) mass is 585 g/mol. The second-order valence-corrected chi connectivity index (χ2v) is 10.4. The van der Waals surface area contributed by atoms with E-state index >= 15 is 0 Å². The lowest BCUT2D eigenvalue weighted by molar-refractivity contribution is -0.223. The zero-order valence-electron chi connectivity index (χ0n) is 23.8. The van der Waals surface area contributed by atoms with E-state index < -0.39 is 41.9 Å². The van der Waals surface area contributed by atoms with E-state index in [9.17, 15) is 24.9 Å². The van der Waals surface area contributed by atoms with E-state index in [4.69, 9.17) is 28.1 Å². The summed E-state index contributed by atoms with van der Waals surface area (Å²) in [6.45, 7) is 0. The first-order valence-corrected chi connectivity index (χ1v) is 13.7. The fourth-order valence-electron chi connectivity index (χ4n) is 5.75. The van der Waals surface area contributed by atoms with Crippen molar-refractivity contribution in [2.24, 2.45) is 0 Å². The SMILES string of the molecule is COc1ccc(-c2cc(=O)c3c(OC)c(C4OC(C(=O)NC5CCCC5)C(O)C(O)C4O)c(OC)cc3o2)cc1OC. The van der Waals surface area contributed by atoms with Gasteiger partial charge in [-0.15, -0.1) is 0 Å². The van der Waals surface area contributed by atoms with Crippen LogP contribution in [0.1, 0.15) is 37.4 Å². The Bertz CT molecular complexity index is 1510. The lowest BCUT2D eigenvalue weighted by Gasteiger charge is -2.41. The molecule has 1 aliphatic heterocycles. The number of ether oxygens (including phenoxy) is 5. The molecule has 226 valence electrons. The van der Waals surface area contributed by atoms with Gasteiger partial charge in [0, 0.05) is 23.7 Å². The minimum Gasteiger partial charge on any atom is -0.496 e. The van der Waals surface area contributed by atoms with Crippen molar-refractivity contribution >= 4 is 16.9 Å². The fraction of sp³-hybridized carbons (Fsp3) is 0.467. The van der Waals surface area contributed by atoms with Gasteiger partial charge in [0.15, 0.2) is 23.0 Å². The van der Waals surface area contributed by atoms with Gasteiger partial charge in [0.2, 0.25) is 0 Å². The molecule has 0 bridgehead atoms. The van der Waals surface area contributed by atoms with E-state index in [2.05, 4.69) is 5.32 Å². The zero-order valence-corrected chi connectivity index (χ0v) is 23.8. The average molecular weight is 586 g/mol. The smallest absolute Gasteiger partial charge is 0.252 e. The molecule has 0 radical (unpaired) electrons. The van der Waals surface area contributed by atoms with Crippen molar-refractivity contribution in [1.82, 2.24) is 5.32 Å². The Morgan fingerprint density at radius 1 is 0.857 bits per heavy atom. The molecule has 3 aromatic rings. The van der Waals surface area contributed by atoms with Crippen molar-refractivity contribution in [3.8, 4) is 34.3 Å². The van der Waals surface area contributed by atoms with Gasteiger partial charge in [0.1, 0.15) is 52.6 Å². The fourth-order valence-corrected chi connectivity index (χ4v) is 5.75. The van der Waals surface area contributed by atoms with Crippen LogP contribution in [0.5, 0.6) is 23.0 Å². The number of amides is 1. The number of fused-ring (bicyclic) bond motifs is 1. The largest absolute Gasteiger partial charge is 0.496 e. The Kier molecular flexibility index (Phi) is 8.60. The second-order valence-electron chi connectivity index (χ2n) is 10.4. The van der Waals surface area contributed by atoms with Gasteiger partial charge in [-0.25, -0.2) is 0 Å². The summed E-state index contributed by atoms with van der Waals surface area (Å²) in [7, 11) is 5.70. The normalized spacial score (nSPS) is 24.4. The number of aliphatic hydroxyl groups excluding tert-OH is 3. The maximum Gasteiger partial charge on any atom is 0.252 e. The minimum atomic E-state index is -1.74. The van der Waals surface area contributed by atoms with E-state index in [1.165, 1.54) is 40.6 Å². The molecule has 1 aromatic heterocycles. The van der Waals surface area contributed by atoms with Crippen LogP contribution < -0.4 is 29.7 Å². The molecular weight excluding hydrogens is 550 g/mol. The molecule has 2 aromatic carbocycles. The first-order chi connectivity index (χ1) is 20.2. The van der Waals surface area contributed by atoms with Crippen molar-refractivity contribution in [3.05, 3.63) is 46.1 Å². The lowest BCUT2D eigenvalue weighted by atomic mass is 9.89. The lowest BCUT2D eigenvalue weighted by Crippen LogP contribution is -2.59. The van der Waals surface area contributed by atoms with Crippen LogP contribution in [-0.4, -0.2) is 80.1 Å². The summed E-state index contributed by atoms with van der Waals surface area (Å²) >= 11 is 0. The molecule has 5 unspecified atom stereocenters. The van der Waals surface area contributed by atoms with Gasteiger partial charge in [-0.1, -0.05) is 12.8 Å². The molecule has 1 saturated carbocycles. The van der Waals surface area contributed by atoms with Crippen LogP contribution in [0.2, 0.25) is 0 Å². The molecule has 42 heavy (non-hydrogen) atoms. The van der Waals surface area contributed by atoms with E-state index in [-0.39, 0.29) is 39.8 Å². The van der Waals surface area contributed by atoms with Gasteiger partial charge in [0.05, 0.1) is 34.0 Å². The molecule has 12 nitrogen and oxygen atoms in total. The van der Waals surface area contributed by atoms with E-state index in [1.807, 2.05) is 0 Å². The summed E-state index contributed by atoms with van der Waals surface area (Å²) in [5.41, 5.74) is 0.276. The molecule has 4 N–H and O–H groups in total. The van der Waals surface area contributed by atoms with Crippen molar-refractivity contribution < 1.29 is 48.2 Å². The molecular formula is C30H35NO11.